The summed E-state index contributed by atoms with van der Waals surface area (Å²) in [6, 6.07) is 5.14. The molecule has 0 spiro atoms. The maximum Gasteiger partial charge on any atom is 0.253 e. The molecule has 2 rings (SSSR count). The number of hydrogen-bond donors (Lipinski definition) is 2. The van der Waals surface area contributed by atoms with Crippen molar-refractivity contribution in [2.75, 3.05) is 12.3 Å². The Balaban J connectivity index is 1.88. The van der Waals surface area contributed by atoms with Gasteiger partial charge in [-0.05, 0) is 31.5 Å². The van der Waals surface area contributed by atoms with E-state index in [2.05, 4.69) is 17.2 Å². The van der Waals surface area contributed by atoms with Crippen LogP contribution in [-0.2, 0) is 0 Å². The van der Waals surface area contributed by atoms with Crippen LogP contribution in [0.2, 0.25) is 5.02 Å². The van der Waals surface area contributed by atoms with Crippen LogP contribution in [0.25, 0.3) is 0 Å². The molecule has 0 bridgehead atoms. The van der Waals surface area contributed by atoms with Gasteiger partial charge in [-0.1, -0.05) is 11.6 Å². The summed E-state index contributed by atoms with van der Waals surface area (Å²) in [6.45, 7) is 2.63. The Morgan fingerprint density at radius 3 is 3.05 bits per heavy atom. The minimum Gasteiger partial charge on any atom is -0.398 e. The highest BCUT2D eigenvalue weighted by atomic mass is 35.5. The number of nitrogen functional groups attached to an aromatic ring is 1. The number of benzene rings is 1. The molecule has 20 heavy (non-hydrogen) atoms. The number of nitrogens with one attached hydrogen (secondary N) is 1. The molecular formula is C14H17ClN4O. The maximum atomic E-state index is 12.0. The average molecular weight is 293 g/mol. The molecule has 3 N–H and O–H groups in total. The Labute approximate surface area is 122 Å². The van der Waals surface area contributed by atoms with Crippen molar-refractivity contribution in [2.24, 2.45) is 0 Å². The molecule has 1 atom stereocenters. The van der Waals surface area contributed by atoms with Gasteiger partial charge in [0.25, 0.3) is 5.91 Å². The van der Waals surface area contributed by atoms with E-state index in [1.54, 1.807) is 30.7 Å². The van der Waals surface area contributed by atoms with Gasteiger partial charge in [0, 0.05) is 35.7 Å². The highest BCUT2D eigenvalue weighted by Gasteiger charge is 2.10. The highest BCUT2D eigenvalue weighted by molar-refractivity contribution is 6.31. The number of aromatic nitrogens is 2. The van der Waals surface area contributed by atoms with Gasteiger partial charge in [0.2, 0.25) is 0 Å². The molecule has 106 valence electrons. The number of nitrogens with zero attached hydrogens (tertiary/aromatic N) is 2. The van der Waals surface area contributed by atoms with E-state index in [1.807, 2.05) is 10.8 Å². The van der Waals surface area contributed by atoms with E-state index in [0.717, 1.165) is 6.42 Å². The first-order valence-electron chi connectivity index (χ1n) is 6.38. The minimum atomic E-state index is -0.206. The van der Waals surface area contributed by atoms with E-state index in [4.69, 9.17) is 17.3 Å². The topological polar surface area (TPSA) is 72.9 Å². The van der Waals surface area contributed by atoms with E-state index in [0.29, 0.717) is 22.8 Å². The van der Waals surface area contributed by atoms with Crippen molar-refractivity contribution in [2.45, 2.75) is 19.4 Å². The van der Waals surface area contributed by atoms with Gasteiger partial charge < -0.3 is 15.6 Å². The number of nitrogens with two attached hydrogens (primary N) is 1. The monoisotopic (exact) mass is 292 g/mol. The van der Waals surface area contributed by atoms with Gasteiger partial charge in [0.05, 0.1) is 11.9 Å². The van der Waals surface area contributed by atoms with Crippen LogP contribution >= 0.6 is 11.6 Å². The number of anilines is 1. The van der Waals surface area contributed by atoms with Gasteiger partial charge in [-0.2, -0.15) is 0 Å². The number of carbonyl (C=O) groups is 1. The van der Waals surface area contributed by atoms with E-state index >= 15 is 0 Å². The first-order chi connectivity index (χ1) is 9.58. The zero-order valence-electron chi connectivity index (χ0n) is 11.2. The molecule has 1 heterocycles. The van der Waals surface area contributed by atoms with Gasteiger partial charge in [-0.25, -0.2) is 4.98 Å². The quantitative estimate of drug-likeness (QED) is 0.832. The lowest BCUT2D eigenvalue weighted by molar-refractivity contribution is 0.0952. The smallest absolute Gasteiger partial charge is 0.253 e. The highest BCUT2D eigenvalue weighted by Crippen LogP contribution is 2.17. The van der Waals surface area contributed by atoms with Crippen LogP contribution in [0.4, 0.5) is 5.69 Å². The third-order valence-electron chi connectivity index (χ3n) is 3.14. The molecule has 0 aliphatic heterocycles. The lowest BCUT2D eigenvalue weighted by Gasteiger charge is -2.13. The summed E-state index contributed by atoms with van der Waals surface area (Å²) < 4.78 is 2.00. The summed E-state index contributed by atoms with van der Waals surface area (Å²) in [7, 11) is 0. The molecule has 6 heteroatoms. The second-order valence-electron chi connectivity index (χ2n) is 4.64. The minimum absolute atomic E-state index is 0.206. The molecule has 0 saturated heterocycles. The predicted octanol–water partition coefficient (Wildman–Crippen LogP) is 2.50. The first kappa shape index (κ1) is 14.4. The number of carbonyl (C=O) groups excluding carboxylic acids is 1. The second kappa shape index (κ2) is 6.43. The molecule has 1 amide bonds. The number of halogens is 1. The van der Waals surface area contributed by atoms with Crippen LogP contribution in [0.15, 0.2) is 36.9 Å². The Morgan fingerprint density at radius 2 is 2.35 bits per heavy atom. The fourth-order valence-corrected chi connectivity index (χ4v) is 2.07. The zero-order valence-corrected chi connectivity index (χ0v) is 12.0. The van der Waals surface area contributed by atoms with E-state index in [9.17, 15) is 4.79 Å². The van der Waals surface area contributed by atoms with Gasteiger partial charge in [0.1, 0.15) is 0 Å². The first-order valence-corrected chi connectivity index (χ1v) is 6.76. The number of amides is 1. The van der Waals surface area contributed by atoms with Crippen LogP contribution in [0.5, 0.6) is 0 Å². The van der Waals surface area contributed by atoms with E-state index in [-0.39, 0.29) is 11.9 Å². The van der Waals surface area contributed by atoms with Crippen LogP contribution in [0.1, 0.15) is 29.7 Å². The Morgan fingerprint density at radius 1 is 1.55 bits per heavy atom. The summed E-state index contributed by atoms with van der Waals surface area (Å²) in [5, 5.41) is 3.34. The predicted molar refractivity (Wildman–Crippen MR) is 79.8 cm³/mol. The molecule has 0 aliphatic rings. The Kier molecular flexibility index (Phi) is 4.63. The summed E-state index contributed by atoms with van der Waals surface area (Å²) in [4.78, 5) is 16.0. The van der Waals surface area contributed by atoms with E-state index in [1.165, 1.54) is 0 Å². The lowest BCUT2D eigenvalue weighted by atomic mass is 10.1. The van der Waals surface area contributed by atoms with Crippen LogP contribution in [0, 0.1) is 0 Å². The zero-order chi connectivity index (χ0) is 14.5. The molecule has 5 nitrogen and oxygen atoms in total. The molecule has 0 aliphatic carbocycles. The maximum absolute atomic E-state index is 12.0. The summed E-state index contributed by atoms with van der Waals surface area (Å²) in [5.74, 6) is -0.206. The molecule has 0 fully saturated rings. The van der Waals surface area contributed by atoms with Gasteiger partial charge in [0.15, 0.2) is 0 Å². The summed E-state index contributed by atoms with van der Waals surface area (Å²) in [6.07, 6.45) is 6.22. The van der Waals surface area contributed by atoms with Crippen molar-refractivity contribution in [1.29, 1.82) is 0 Å². The van der Waals surface area contributed by atoms with E-state index < -0.39 is 0 Å². The summed E-state index contributed by atoms with van der Waals surface area (Å²) in [5.41, 5.74) is 6.60. The van der Waals surface area contributed by atoms with Crippen LogP contribution in [-0.4, -0.2) is 22.0 Å². The Bertz CT molecular complexity index is 583. The average Bonchev–Trinajstić information content (AvgIpc) is 2.95. The standard InChI is InChI=1S/C14H17ClN4O/c1-10(19-7-6-17-9-19)4-5-18-14(20)12-8-11(15)2-3-13(12)16/h2-3,6-10H,4-5,16H2,1H3,(H,18,20). The van der Waals surface area contributed by atoms with Gasteiger partial charge >= 0.3 is 0 Å². The fourth-order valence-electron chi connectivity index (χ4n) is 1.89. The molecule has 2 aromatic rings. The Hall–Kier alpha value is -2.01. The SMILES string of the molecule is CC(CCNC(=O)c1cc(Cl)ccc1N)n1ccnc1. The lowest BCUT2D eigenvalue weighted by Crippen LogP contribution is -2.26. The summed E-state index contributed by atoms with van der Waals surface area (Å²) >= 11 is 5.87. The normalized spacial score (nSPS) is 12.1. The number of hydrogen-bond acceptors (Lipinski definition) is 3. The van der Waals surface area contributed by atoms with Gasteiger partial charge in [-0.3, -0.25) is 4.79 Å². The molecule has 1 aromatic heterocycles. The third kappa shape index (κ3) is 3.51. The van der Waals surface area contributed by atoms with Crippen molar-refractivity contribution in [3.05, 3.63) is 47.5 Å². The third-order valence-corrected chi connectivity index (χ3v) is 3.38. The molecule has 1 unspecified atom stereocenters. The van der Waals surface area contributed by atoms with Crippen LogP contribution in [0.3, 0.4) is 0 Å². The van der Waals surface area contributed by atoms with Crippen molar-refractivity contribution in [1.82, 2.24) is 14.9 Å². The van der Waals surface area contributed by atoms with Crippen molar-refractivity contribution < 1.29 is 4.79 Å². The van der Waals surface area contributed by atoms with Crippen molar-refractivity contribution in [3.63, 3.8) is 0 Å². The van der Waals surface area contributed by atoms with Gasteiger partial charge in [-0.15, -0.1) is 0 Å². The fraction of sp³-hybridized carbons (Fsp3) is 0.286. The largest absolute Gasteiger partial charge is 0.398 e. The molecule has 0 saturated carbocycles. The molecule has 0 radical (unpaired) electrons. The molecule has 1 aromatic carbocycles. The second-order valence-corrected chi connectivity index (χ2v) is 5.07. The van der Waals surface area contributed by atoms with Crippen LogP contribution < -0.4 is 11.1 Å². The molecular weight excluding hydrogens is 276 g/mol. The van der Waals surface area contributed by atoms with Crippen molar-refractivity contribution in [3.8, 4) is 0 Å². The number of imidazole rings is 1. The number of rotatable bonds is 5. The van der Waals surface area contributed by atoms with Crippen molar-refractivity contribution >= 4 is 23.2 Å².